The van der Waals surface area contributed by atoms with E-state index in [1.165, 1.54) is 22.5 Å². The van der Waals surface area contributed by atoms with Gasteiger partial charge >= 0.3 is 0 Å². The van der Waals surface area contributed by atoms with Crippen molar-refractivity contribution in [2.24, 2.45) is 5.73 Å². The van der Waals surface area contributed by atoms with Crippen LogP contribution in [0.25, 0.3) is 0 Å². The number of nitrogens with one attached hydrogen (secondary N) is 1. The van der Waals surface area contributed by atoms with Crippen LogP contribution in [-0.2, 0) is 29.0 Å². The molecule has 2 atom stereocenters. The summed E-state index contributed by atoms with van der Waals surface area (Å²) in [5, 5.41) is 3.13. The molecule has 1 heterocycles. The van der Waals surface area contributed by atoms with Crippen LogP contribution in [0.15, 0.2) is 72.4 Å². The second kappa shape index (κ2) is 12.2. The summed E-state index contributed by atoms with van der Waals surface area (Å²) in [6.45, 7) is 0.447. The number of carbonyl (C=O) groups is 1. The molecule has 6 heteroatoms. The summed E-state index contributed by atoms with van der Waals surface area (Å²) in [6, 6.07) is 20.6. The van der Waals surface area contributed by atoms with Crippen molar-refractivity contribution in [1.82, 2.24) is 10.3 Å². The second-order valence-electron chi connectivity index (χ2n) is 7.44. The number of ether oxygens (including phenoxy) is 1. The second-order valence-corrected chi connectivity index (χ2v) is 8.41. The van der Waals surface area contributed by atoms with E-state index in [0.29, 0.717) is 6.61 Å². The van der Waals surface area contributed by atoms with E-state index in [1.807, 2.05) is 36.4 Å². The zero-order valence-corrected chi connectivity index (χ0v) is 17.9. The lowest BCUT2D eigenvalue weighted by Gasteiger charge is -2.21. The number of carbonyl (C=O) groups excluding carboxylic acids is 1. The van der Waals surface area contributed by atoms with Gasteiger partial charge in [-0.2, -0.15) is 0 Å². The Hall–Kier alpha value is -2.54. The molecule has 0 bridgehead atoms. The first-order chi connectivity index (χ1) is 14.7. The molecule has 0 fully saturated rings. The summed E-state index contributed by atoms with van der Waals surface area (Å²) in [4.78, 5) is 17.5. The molecule has 30 heavy (non-hydrogen) atoms. The first-order valence-electron chi connectivity index (χ1n) is 10.3. The van der Waals surface area contributed by atoms with Gasteiger partial charge in [0.1, 0.15) is 6.61 Å². The SMILES string of the molecule is N[C@H](CC[C@H](Cc1ccccc1)NC(=O)COCc1cncs1)Cc1ccccc1. The largest absolute Gasteiger partial charge is 0.366 e. The third-order valence-corrected chi connectivity index (χ3v) is 5.63. The fraction of sp³-hybridized carbons (Fsp3) is 0.333. The Kier molecular flexibility index (Phi) is 9.03. The van der Waals surface area contributed by atoms with Crippen molar-refractivity contribution in [3.05, 3.63) is 88.4 Å². The van der Waals surface area contributed by atoms with Crippen molar-refractivity contribution in [2.75, 3.05) is 6.61 Å². The molecular formula is C24H29N3O2S. The van der Waals surface area contributed by atoms with Gasteiger partial charge in [0, 0.05) is 18.3 Å². The number of nitrogens with two attached hydrogens (primary N) is 1. The number of nitrogens with zero attached hydrogens (tertiary/aromatic N) is 1. The molecule has 0 spiro atoms. The molecule has 0 radical (unpaired) electrons. The minimum atomic E-state index is -0.0999. The van der Waals surface area contributed by atoms with Gasteiger partial charge in [-0.15, -0.1) is 11.3 Å². The fourth-order valence-electron chi connectivity index (χ4n) is 3.39. The van der Waals surface area contributed by atoms with Gasteiger partial charge in [-0.3, -0.25) is 9.78 Å². The summed E-state index contributed by atoms with van der Waals surface area (Å²) < 4.78 is 5.53. The van der Waals surface area contributed by atoms with Gasteiger partial charge in [0.25, 0.3) is 0 Å². The Labute approximate surface area is 182 Å². The summed E-state index contributed by atoms with van der Waals surface area (Å²) in [5.74, 6) is -0.0999. The Morgan fingerprint density at radius 2 is 1.67 bits per heavy atom. The van der Waals surface area contributed by atoms with Crippen molar-refractivity contribution in [1.29, 1.82) is 0 Å². The Bertz CT molecular complexity index is 857. The maximum Gasteiger partial charge on any atom is 0.246 e. The van der Waals surface area contributed by atoms with Crippen LogP contribution < -0.4 is 11.1 Å². The quantitative estimate of drug-likeness (QED) is 0.465. The van der Waals surface area contributed by atoms with Crippen LogP contribution in [-0.4, -0.2) is 29.6 Å². The van der Waals surface area contributed by atoms with Crippen molar-refractivity contribution in [3.8, 4) is 0 Å². The molecule has 3 aromatic rings. The van der Waals surface area contributed by atoms with Gasteiger partial charge in [-0.05, 0) is 36.8 Å². The van der Waals surface area contributed by atoms with Gasteiger partial charge in [0.15, 0.2) is 0 Å². The zero-order chi connectivity index (χ0) is 21.0. The molecular weight excluding hydrogens is 394 g/mol. The van der Waals surface area contributed by atoms with Crippen LogP contribution in [0.3, 0.4) is 0 Å². The molecule has 3 rings (SSSR count). The van der Waals surface area contributed by atoms with Gasteiger partial charge in [0.2, 0.25) is 5.91 Å². The summed E-state index contributed by atoms with van der Waals surface area (Å²) >= 11 is 1.52. The molecule has 0 saturated carbocycles. The van der Waals surface area contributed by atoms with E-state index >= 15 is 0 Å². The van der Waals surface area contributed by atoms with E-state index in [1.54, 1.807) is 11.7 Å². The molecule has 1 amide bonds. The number of thiazole rings is 1. The molecule has 3 N–H and O–H groups in total. The van der Waals surface area contributed by atoms with Crippen LogP contribution in [0.1, 0.15) is 28.8 Å². The molecule has 0 saturated heterocycles. The van der Waals surface area contributed by atoms with E-state index in [4.69, 9.17) is 10.5 Å². The maximum atomic E-state index is 12.4. The third kappa shape index (κ3) is 8.06. The lowest BCUT2D eigenvalue weighted by atomic mass is 9.96. The zero-order valence-electron chi connectivity index (χ0n) is 17.1. The highest BCUT2D eigenvalue weighted by Gasteiger charge is 2.15. The topological polar surface area (TPSA) is 77.2 Å². The van der Waals surface area contributed by atoms with Gasteiger partial charge in [-0.25, -0.2) is 0 Å². The van der Waals surface area contributed by atoms with Crippen LogP contribution >= 0.6 is 11.3 Å². The normalized spacial score (nSPS) is 13.0. The van der Waals surface area contributed by atoms with Crippen molar-refractivity contribution in [2.45, 2.75) is 44.4 Å². The average molecular weight is 424 g/mol. The molecule has 2 aromatic carbocycles. The average Bonchev–Trinajstić information content (AvgIpc) is 3.27. The minimum absolute atomic E-state index is 0.0220. The van der Waals surface area contributed by atoms with E-state index in [9.17, 15) is 4.79 Å². The smallest absolute Gasteiger partial charge is 0.246 e. The van der Waals surface area contributed by atoms with Crippen LogP contribution in [0.5, 0.6) is 0 Å². The van der Waals surface area contributed by atoms with Gasteiger partial charge in [-0.1, -0.05) is 60.7 Å². The van der Waals surface area contributed by atoms with Crippen LogP contribution in [0, 0.1) is 0 Å². The minimum Gasteiger partial charge on any atom is -0.366 e. The van der Waals surface area contributed by atoms with Crippen LogP contribution in [0.2, 0.25) is 0 Å². The van der Waals surface area contributed by atoms with E-state index in [2.05, 4.69) is 34.6 Å². The lowest BCUT2D eigenvalue weighted by Crippen LogP contribution is -2.39. The Morgan fingerprint density at radius 3 is 2.30 bits per heavy atom. The molecule has 0 aliphatic rings. The molecule has 0 aliphatic carbocycles. The van der Waals surface area contributed by atoms with E-state index in [0.717, 1.165) is 30.6 Å². The molecule has 158 valence electrons. The number of amides is 1. The molecule has 0 unspecified atom stereocenters. The van der Waals surface area contributed by atoms with Gasteiger partial charge < -0.3 is 15.8 Å². The number of benzene rings is 2. The predicted octanol–water partition coefficient (Wildman–Crippen LogP) is 3.74. The van der Waals surface area contributed by atoms with Gasteiger partial charge in [0.05, 0.1) is 17.0 Å². The predicted molar refractivity (Wildman–Crippen MR) is 121 cm³/mol. The van der Waals surface area contributed by atoms with Crippen molar-refractivity contribution < 1.29 is 9.53 Å². The summed E-state index contributed by atoms with van der Waals surface area (Å²) in [6.07, 6.45) is 5.04. The lowest BCUT2D eigenvalue weighted by molar-refractivity contribution is -0.126. The first-order valence-corrected chi connectivity index (χ1v) is 11.1. The third-order valence-electron chi connectivity index (χ3n) is 4.88. The number of hydrogen-bond donors (Lipinski definition) is 2. The molecule has 0 aliphatic heterocycles. The highest BCUT2D eigenvalue weighted by molar-refractivity contribution is 7.09. The fourth-order valence-corrected chi connectivity index (χ4v) is 3.92. The monoisotopic (exact) mass is 423 g/mol. The highest BCUT2D eigenvalue weighted by atomic mass is 32.1. The maximum absolute atomic E-state index is 12.4. The highest BCUT2D eigenvalue weighted by Crippen LogP contribution is 2.12. The van der Waals surface area contributed by atoms with Crippen molar-refractivity contribution in [3.63, 3.8) is 0 Å². The van der Waals surface area contributed by atoms with E-state index < -0.39 is 0 Å². The Morgan fingerprint density at radius 1 is 1.00 bits per heavy atom. The first kappa shape index (κ1) is 22.2. The summed E-state index contributed by atoms with van der Waals surface area (Å²) in [5.41, 5.74) is 10.6. The number of rotatable bonds is 12. The molecule has 1 aromatic heterocycles. The number of hydrogen-bond acceptors (Lipinski definition) is 5. The standard InChI is InChI=1S/C24H29N3O2S/c25-21(13-19-7-3-1-4-8-19)11-12-22(14-20-9-5-2-6-10-20)27-24(28)17-29-16-23-15-26-18-30-23/h1-10,15,18,21-22H,11-14,16-17,25H2,(H,27,28)/t21-,22-/m1/s1. The van der Waals surface area contributed by atoms with E-state index in [-0.39, 0.29) is 24.6 Å². The molecule has 5 nitrogen and oxygen atoms in total. The summed E-state index contributed by atoms with van der Waals surface area (Å²) in [7, 11) is 0. The Balaban J connectivity index is 1.49. The van der Waals surface area contributed by atoms with Crippen LogP contribution in [0.4, 0.5) is 0 Å². The van der Waals surface area contributed by atoms with Crippen molar-refractivity contribution >= 4 is 17.2 Å². The number of aromatic nitrogens is 1.